The predicted molar refractivity (Wildman–Crippen MR) is 75.5 cm³/mol. The minimum absolute atomic E-state index is 0.0451. The molecular weight excluding hydrogens is 306 g/mol. The van der Waals surface area contributed by atoms with Crippen LogP contribution in [0.15, 0.2) is 29.2 Å². The highest BCUT2D eigenvalue weighted by molar-refractivity contribution is 7.89. The number of nitrogens with two attached hydrogens (primary N) is 1. The molecule has 0 saturated carbocycles. The third-order valence-electron chi connectivity index (χ3n) is 2.87. The van der Waals surface area contributed by atoms with Gasteiger partial charge in [-0.2, -0.15) is 4.31 Å². The number of alkyl halides is 2. The maximum atomic E-state index is 12.5. The Morgan fingerprint density at radius 1 is 1.35 bits per heavy atom. The molecule has 0 fully saturated rings. The molecule has 0 aliphatic rings. The lowest BCUT2D eigenvalue weighted by molar-refractivity contribution is 0.126. The zero-order chi connectivity index (χ0) is 14.9. The molecule has 1 aromatic heterocycles. The lowest BCUT2D eigenvalue weighted by Gasteiger charge is -2.17. The summed E-state index contributed by atoms with van der Waals surface area (Å²) >= 11 is 1.27. The second-order valence-electron chi connectivity index (χ2n) is 4.23. The van der Waals surface area contributed by atoms with Crippen LogP contribution in [-0.4, -0.2) is 32.7 Å². The predicted octanol–water partition coefficient (Wildman–Crippen LogP) is 2.25. The van der Waals surface area contributed by atoms with Crippen LogP contribution < -0.4 is 5.73 Å². The van der Waals surface area contributed by atoms with Crippen molar-refractivity contribution in [3.8, 4) is 0 Å². The van der Waals surface area contributed by atoms with E-state index in [-0.39, 0.29) is 11.4 Å². The minimum atomic E-state index is -3.98. The standard InChI is InChI=1S/C12H14F2N2O2S2/c1-16(7-11(13)14)20(17,18)12-8-4-2-3-5-9(8)19-10(12)6-15/h2-5,11H,6-7,15H2,1H3. The first kappa shape index (κ1) is 15.3. The lowest BCUT2D eigenvalue weighted by Crippen LogP contribution is -2.31. The summed E-state index contributed by atoms with van der Waals surface area (Å²) in [6.45, 7) is -0.785. The van der Waals surface area contributed by atoms with Gasteiger partial charge in [0.2, 0.25) is 10.0 Å². The van der Waals surface area contributed by atoms with Crippen LogP contribution in [0.2, 0.25) is 0 Å². The van der Waals surface area contributed by atoms with Crippen molar-refractivity contribution in [1.82, 2.24) is 4.31 Å². The molecule has 0 aliphatic carbocycles. The van der Waals surface area contributed by atoms with E-state index in [0.717, 1.165) is 11.7 Å². The van der Waals surface area contributed by atoms with Crippen molar-refractivity contribution in [2.45, 2.75) is 17.9 Å². The number of fused-ring (bicyclic) bond motifs is 1. The number of hydrogen-bond acceptors (Lipinski definition) is 4. The largest absolute Gasteiger partial charge is 0.326 e. The highest BCUT2D eigenvalue weighted by atomic mass is 32.2. The summed E-state index contributed by atoms with van der Waals surface area (Å²) in [6, 6.07) is 6.94. The molecule has 0 unspecified atom stereocenters. The van der Waals surface area contributed by atoms with E-state index in [0.29, 0.717) is 14.6 Å². The molecule has 8 heteroatoms. The van der Waals surface area contributed by atoms with E-state index < -0.39 is 23.0 Å². The number of nitrogens with zero attached hydrogens (tertiary/aromatic N) is 1. The van der Waals surface area contributed by atoms with Crippen molar-refractivity contribution in [3.63, 3.8) is 0 Å². The number of thiophene rings is 1. The zero-order valence-corrected chi connectivity index (χ0v) is 12.3. The van der Waals surface area contributed by atoms with E-state index in [4.69, 9.17) is 5.73 Å². The molecule has 0 atom stereocenters. The van der Waals surface area contributed by atoms with Crippen molar-refractivity contribution in [2.75, 3.05) is 13.6 Å². The fourth-order valence-electron chi connectivity index (χ4n) is 1.94. The molecular formula is C12H14F2N2O2S2. The molecule has 2 aromatic rings. The lowest BCUT2D eigenvalue weighted by atomic mass is 10.2. The summed E-state index contributed by atoms with van der Waals surface area (Å²) < 4.78 is 51.2. The fraction of sp³-hybridized carbons (Fsp3) is 0.333. The molecule has 20 heavy (non-hydrogen) atoms. The van der Waals surface area contributed by atoms with Gasteiger partial charge in [0.15, 0.2) is 0 Å². The molecule has 0 saturated heterocycles. The van der Waals surface area contributed by atoms with Crippen LogP contribution in [0.3, 0.4) is 0 Å². The molecule has 0 amide bonds. The van der Waals surface area contributed by atoms with Crippen LogP contribution in [0.1, 0.15) is 4.88 Å². The van der Waals surface area contributed by atoms with Crippen molar-refractivity contribution in [1.29, 1.82) is 0 Å². The first-order valence-electron chi connectivity index (χ1n) is 5.83. The maximum absolute atomic E-state index is 12.5. The number of halogens is 2. The van der Waals surface area contributed by atoms with E-state index in [9.17, 15) is 17.2 Å². The van der Waals surface area contributed by atoms with Gasteiger partial charge in [-0.15, -0.1) is 11.3 Å². The van der Waals surface area contributed by atoms with Gasteiger partial charge in [-0.05, 0) is 6.07 Å². The quantitative estimate of drug-likeness (QED) is 0.919. The Kier molecular flexibility index (Phi) is 4.38. The molecule has 1 heterocycles. The maximum Gasteiger partial charge on any atom is 0.252 e. The monoisotopic (exact) mass is 320 g/mol. The Balaban J connectivity index is 2.61. The number of rotatable bonds is 5. The van der Waals surface area contributed by atoms with E-state index in [1.54, 1.807) is 24.3 Å². The van der Waals surface area contributed by atoms with Gasteiger partial charge in [0.05, 0.1) is 6.54 Å². The summed E-state index contributed by atoms with van der Waals surface area (Å²) in [5, 5.41) is 0.527. The summed E-state index contributed by atoms with van der Waals surface area (Å²) in [7, 11) is -2.83. The molecule has 0 aliphatic heterocycles. The average Bonchev–Trinajstić information content (AvgIpc) is 2.76. The summed E-state index contributed by atoms with van der Waals surface area (Å²) in [5.74, 6) is 0. The Morgan fingerprint density at radius 3 is 2.60 bits per heavy atom. The molecule has 2 N–H and O–H groups in total. The molecule has 0 spiro atoms. The topological polar surface area (TPSA) is 63.4 Å². The summed E-state index contributed by atoms with van der Waals surface area (Å²) in [4.78, 5) is 0.524. The van der Waals surface area contributed by atoms with Gasteiger partial charge in [-0.1, -0.05) is 18.2 Å². The van der Waals surface area contributed by atoms with Crippen LogP contribution in [0, 0.1) is 0 Å². The van der Waals surface area contributed by atoms with E-state index in [1.165, 1.54) is 11.3 Å². The third-order valence-corrected chi connectivity index (χ3v) is 6.14. The number of benzene rings is 1. The molecule has 4 nitrogen and oxygen atoms in total. The SMILES string of the molecule is CN(CC(F)F)S(=O)(=O)c1c(CN)sc2ccccc12. The van der Waals surface area contributed by atoms with Crippen molar-refractivity contribution < 1.29 is 17.2 Å². The second-order valence-corrected chi connectivity index (χ2v) is 7.35. The molecule has 110 valence electrons. The molecule has 0 bridgehead atoms. The number of hydrogen-bond donors (Lipinski definition) is 1. The minimum Gasteiger partial charge on any atom is -0.326 e. The zero-order valence-electron chi connectivity index (χ0n) is 10.7. The molecule has 1 aromatic carbocycles. The van der Waals surface area contributed by atoms with Gasteiger partial charge >= 0.3 is 0 Å². The Morgan fingerprint density at radius 2 is 2.00 bits per heavy atom. The fourth-order valence-corrected chi connectivity index (χ4v) is 4.87. The normalized spacial score (nSPS) is 12.7. The Hall–Kier alpha value is -1.09. The molecule has 2 rings (SSSR count). The summed E-state index contributed by atoms with van der Waals surface area (Å²) in [6.07, 6.45) is -2.72. The van der Waals surface area contributed by atoms with Crippen LogP contribution in [0.5, 0.6) is 0 Å². The number of sulfonamides is 1. The van der Waals surface area contributed by atoms with Gasteiger partial charge < -0.3 is 5.73 Å². The van der Waals surface area contributed by atoms with Crippen molar-refractivity contribution in [2.24, 2.45) is 5.73 Å². The van der Waals surface area contributed by atoms with Crippen molar-refractivity contribution >= 4 is 31.4 Å². The van der Waals surface area contributed by atoms with Gasteiger partial charge in [0.1, 0.15) is 4.90 Å². The van der Waals surface area contributed by atoms with Gasteiger partial charge in [0, 0.05) is 28.6 Å². The Bertz CT molecular complexity index is 713. The van der Waals surface area contributed by atoms with E-state index >= 15 is 0 Å². The van der Waals surface area contributed by atoms with E-state index in [1.807, 2.05) is 0 Å². The van der Waals surface area contributed by atoms with Gasteiger partial charge in [-0.3, -0.25) is 0 Å². The van der Waals surface area contributed by atoms with Crippen LogP contribution in [0.25, 0.3) is 10.1 Å². The average molecular weight is 320 g/mol. The second kappa shape index (κ2) is 5.72. The van der Waals surface area contributed by atoms with Crippen LogP contribution in [-0.2, 0) is 16.6 Å². The first-order chi connectivity index (χ1) is 9.37. The first-order valence-corrected chi connectivity index (χ1v) is 8.08. The summed E-state index contributed by atoms with van der Waals surface area (Å²) in [5.41, 5.74) is 5.59. The third kappa shape index (κ3) is 2.69. The highest BCUT2D eigenvalue weighted by Crippen LogP contribution is 2.35. The Labute approximate surface area is 119 Å². The van der Waals surface area contributed by atoms with Gasteiger partial charge in [0.25, 0.3) is 6.43 Å². The van der Waals surface area contributed by atoms with Crippen molar-refractivity contribution in [3.05, 3.63) is 29.1 Å². The van der Waals surface area contributed by atoms with E-state index in [2.05, 4.69) is 0 Å². The molecule has 0 radical (unpaired) electrons. The van der Waals surface area contributed by atoms with Crippen LogP contribution >= 0.6 is 11.3 Å². The van der Waals surface area contributed by atoms with Crippen LogP contribution in [0.4, 0.5) is 8.78 Å². The van der Waals surface area contributed by atoms with Gasteiger partial charge in [-0.25, -0.2) is 17.2 Å². The smallest absolute Gasteiger partial charge is 0.252 e. The highest BCUT2D eigenvalue weighted by Gasteiger charge is 2.29.